The van der Waals surface area contributed by atoms with Crippen LogP contribution in [0.2, 0.25) is 0 Å². The van der Waals surface area contributed by atoms with Gasteiger partial charge >= 0.3 is 0 Å². The van der Waals surface area contributed by atoms with E-state index in [1.165, 1.54) is 11.8 Å². The summed E-state index contributed by atoms with van der Waals surface area (Å²) in [4.78, 5) is 45.5. The SMILES string of the molecule is CC(=O)NC(C(=O)N1C[C@H](O)C[C@H]1C(=O)NC1(c2ccc(-c3scnc3C)cc2)CC1)C(C)(C)C. The van der Waals surface area contributed by atoms with E-state index < -0.39 is 29.1 Å². The zero-order chi connectivity index (χ0) is 25.5. The number of benzene rings is 1. The number of aryl methyl sites for hydroxylation is 1. The third-order valence-electron chi connectivity index (χ3n) is 6.88. The number of thiazole rings is 1. The summed E-state index contributed by atoms with van der Waals surface area (Å²) in [5.74, 6) is -0.934. The van der Waals surface area contributed by atoms with Crippen LogP contribution in [0.25, 0.3) is 10.4 Å². The number of nitrogens with one attached hydrogen (secondary N) is 2. The summed E-state index contributed by atoms with van der Waals surface area (Å²) in [5, 5.41) is 16.2. The fourth-order valence-electron chi connectivity index (χ4n) is 4.77. The van der Waals surface area contributed by atoms with Gasteiger partial charge < -0.3 is 20.6 Å². The first-order chi connectivity index (χ1) is 16.4. The third-order valence-corrected chi connectivity index (χ3v) is 7.86. The molecule has 1 aromatic carbocycles. The highest BCUT2D eigenvalue weighted by Crippen LogP contribution is 2.46. The predicted octanol–water partition coefficient (Wildman–Crippen LogP) is 2.74. The Balaban J connectivity index is 1.50. The molecule has 1 aliphatic heterocycles. The highest BCUT2D eigenvalue weighted by atomic mass is 32.1. The molecule has 9 heteroatoms. The van der Waals surface area contributed by atoms with E-state index in [0.29, 0.717) is 0 Å². The maximum absolute atomic E-state index is 13.4. The molecular formula is C26H34N4O4S. The number of β-amino-alcohol motifs (C(OH)–C–C–N with tert-alkyl or cyclic N) is 1. The number of likely N-dealkylation sites (tertiary alicyclic amines) is 1. The van der Waals surface area contributed by atoms with Crippen LogP contribution >= 0.6 is 11.3 Å². The Bertz CT molecular complexity index is 1120. The van der Waals surface area contributed by atoms with Crippen molar-refractivity contribution >= 4 is 29.1 Å². The van der Waals surface area contributed by atoms with E-state index in [0.717, 1.165) is 34.5 Å². The van der Waals surface area contributed by atoms with Crippen molar-refractivity contribution in [1.82, 2.24) is 20.5 Å². The quantitative estimate of drug-likeness (QED) is 0.567. The Hall–Kier alpha value is -2.78. The van der Waals surface area contributed by atoms with E-state index >= 15 is 0 Å². The van der Waals surface area contributed by atoms with Gasteiger partial charge in [0.15, 0.2) is 0 Å². The van der Waals surface area contributed by atoms with Crippen LogP contribution in [0, 0.1) is 12.3 Å². The van der Waals surface area contributed by atoms with Crippen molar-refractivity contribution in [2.45, 2.75) is 77.6 Å². The molecule has 4 rings (SSSR count). The van der Waals surface area contributed by atoms with Crippen LogP contribution in [0.1, 0.15) is 58.2 Å². The molecule has 2 aromatic rings. The minimum atomic E-state index is -0.793. The number of aliphatic hydroxyl groups is 1. The van der Waals surface area contributed by atoms with Gasteiger partial charge in [-0.25, -0.2) is 4.98 Å². The molecule has 2 heterocycles. The number of carbonyl (C=O) groups is 3. The van der Waals surface area contributed by atoms with Gasteiger partial charge in [-0.1, -0.05) is 45.0 Å². The Morgan fingerprint density at radius 2 is 1.86 bits per heavy atom. The summed E-state index contributed by atoms with van der Waals surface area (Å²) in [5.41, 5.74) is 3.95. The van der Waals surface area contributed by atoms with E-state index in [1.807, 2.05) is 45.3 Å². The van der Waals surface area contributed by atoms with Crippen LogP contribution < -0.4 is 10.6 Å². The van der Waals surface area contributed by atoms with Gasteiger partial charge in [0.05, 0.1) is 27.7 Å². The van der Waals surface area contributed by atoms with Crippen molar-refractivity contribution in [3.05, 3.63) is 41.0 Å². The fourth-order valence-corrected chi connectivity index (χ4v) is 5.58. The highest BCUT2D eigenvalue weighted by Gasteiger charge is 2.50. The molecule has 3 N–H and O–H groups in total. The lowest BCUT2D eigenvalue weighted by atomic mass is 9.85. The summed E-state index contributed by atoms with van der Waals surface area (Å²) in [6.45, 7) is 9.02. The molecule has 3 amide bonds. The molecule has 0 radical (unpaired) electrons. The Morgan fingerprint density at radius 3 is 2.37 bits per heavy atom. The summed E-state index contributed by atoms with van der Waals surface area (Å²) >= 11 is 1.60. The molecule has 2 aliphatic rings. The minimum absolute atomic E-state index is 0.0684. The summed E-state index contributed by atoms with van der Waals surface area (Å²) in [6, 6.07) is 6.61. The van der Waals surface area contributed by atoms with E-state index in [2.05, 4.69) is 27.8 Å². The summed E-state index contributed by atoms with van der Waals surface area (Å²) < 4.78 is 0. The van der Waals surface area contributed by atoms with Crippen molar-refractivity contribution in [3.8, 4) is 10.4 Å². The minimum Gasteiger partial charge on any atom is -0.391 e. The second-order valence-corrected chi connectivity index (χ2v) is 11.7. The van der Waals surface area contributed by atoms with Gasteiger partial charge in [0.25, 0.3) is 0 Å². The molecule has 1 unspecified atom stereocenters. The van der Waals surface area contributed by atoms with Crippen LogP contribution in [0.15, 0.2) is 29.8 Å². The van der Waals surface area contributed by atoms with Crippen LogP contribution in [0.5, 0.6) is 0 Å². The summed E-state index contributed by atoms with van der Waals surface area (Å²) in [6.07, 6.45) is 1.02. The normalized spacial score (nSPS) is 21.9. The van der Waals surface area contributed by atoms with Gasteiger partial charge in [-0.2, -0.15) is 0 Å². The van der Waals surface area contributed by atoms with Crippen molar-refractivity contribution in [1.29, 1.82) is 0 Å². The lowest BCUT2D eigenvalue weighted by molar-refractivity contribution is -0.144. The van der Waals surface area contributed by atoms with E-state index in [4.69, 9.17) is 0 Å². The van der Waals surface area contributed by atoms with Crippen molar-refractivity contribution in [2.75, 3.05) is 6.54 Å². The van der Waals surface area contributed by atoms with Gasteiger partial charge in [0.1, 0.15) is 12.1 Å². The smallest absolute Gasteiger partial charge is 0.246 e. The van der Waals surface area contributed by atoms with Crippen LogP contribution in [-0.2, 0) is 19.9 Å². The second kappa shape index (κ2) is 9.35. The second-order valence-electron chi connectivity index (χ2n) is 10.8. The van der Waals surface area contributed by atoms with Crippen LogP contribution in [0.4, 0.5) is 0 Å². The molecule has 1 saturated heterocycles. The van der Waals surface area contributed by atoms with Gasteiger partial charge in [0.2, 0.25) is 17.7 Å². The first kappa shape index (κ1) is 25.3. The molecule has 0 spiro atoms. The van der Waals surface area contributed by atoms with Gasteiger partial charge in [-0.15, -0.1) is 11.3 Å². The molecule has 1 aromatic heterocycles. The number of hydrogen-bond donors (Lipinski definition) is 3. The number of aromatic nitrogens is 1. The predicted molar refractivity (Wildman–Crippen MR) is 135 cm³/mol. The topological polar surface area (TPSA) is 112 Å². The van der Waals surface area contributed by atoms with Crippen LogP contribution in [0.3, 0.4) is 0 Å². The number of nitrogens with zero attached hydrogens (tertiary/aromatic N) is 2. The number of amides is 3. The van der Waals surface area contributed by atoms with E-state index in [-0.39, 0.29) is 30.7 Å². The molecule has 2 fully saturated rings. The average molecular weight is 499 g/mol. The van der Waals surface area contributed by atoms with Gasteiger partial charge in [-0.3, -0.25) is 14.4 Å². The van der Waals surface area contributed by atoms with Crippen molar-refractivity contribution in [3.63, 3.8) is 0 Å². The standard InChI is InChI=1S/C26H34N4O4S/c1-15-21(35-14-27-15)17-6-8-18(9-7-17)26(10-11-26)29-23(33)20-12-19(32)13-30(20)24(34)22(25(3,4)5)28-16(2)31/h6-9,14,19-20,22,32H,10-13H2,1-5H3,(H,28,31)(H,29,33)/t19-,20+,22?/m1/s1. The van der Waals surface area contributed by atoms with E-state index in [9.17, 15) is 19.5 Å². The van der Waals surface area contributed by atoms with Crippen molar-refractivity contribution < 1.29 is 19.5 Å². The monoisotopic (exact) mass is 498 g/mol. The lowest BCUT2D eigenvalue weighted by Gasteiger charge is -2.35. The summed E-state index contributed by atoms with van der Waals surface area (Å²) in [7, 11) is 0. The maximum Gasteiger partial charge on any atom is 0.246 e. The molecule has 0 bridgehead atoms. The van der Waals surface area contributed by atoms with Gasteiger partial charge in [0, 0.05) is 19.9 Å². The van der Waals surface area contributed by atoms with Gasteiger partial charge in [-0.05, 0) is 36.3 Å². The molecule has 188 valence electrons. The number of rotatable bonds is 6. The van der Waals surface area contributed by atoms with Crippen LogP contribution in [-0.4, -0.2) is 57.4 Å². The number of carbonyl (C=O) groups excluding carboxylic acids is 3. The molecule has 3 atom stereocenters. The molecular weight excluding hydrogens is 464 g/mol. The molecule has 35 heavy (non-hydrogen) atoms. The Labute approximate surface area is 210 Å². The fraction of sp³-hybridized carbons (Fsp3) is 0.538. The zero-order valence-corrected chi connectivity index (χ0v) is 21.7. The third kappa shape index (κ3) is 5.26. The Kier molecular flexibility index (Phi) is 6.76. The molecule has 1 aliphatic carbocycles. The first-order valence-electron chi connectivity index (χ1n) is 12.0. The first-order valence-corrected chi connectivity index (χ1v) is 12.9. The largest absolute Gasteiger partial charge is 0.391 e. The number of hydrogen-bond acceptors (Lipinski definition) is 6. The number of aliphatic hydroxyl groups excluding tert-OH is 1. The average Bonchev–Trinajstić information content (AvgIpc) is 3.25. The van der Waals surface area contributed by atoms with E-state index in [1.54, 1.807) is 11.3 Å². The molecule has 1 saturated carbocycles. The van der Waals surface area contributed by atoms with Crippen molar-refractivity contribution in [2.24, 2.45) is 5.41 Å². The molecule has 8 nitrogen and oxygen atoms in total. The Morgan fingerprint density at radius 1 is 1.20 bits per heavy atom. The maximum atomic E-state index is 13.4. The lowest BCUT2D eigenvalue weighted by Crippen LogP contribution is -2.58. The zero-order valence-electron chi connectivity index (χ0n) is 20.9. The highest BCUT2D eigenvalue weighted by molar-refractivity contribution is 7.13.